The third kappa shape index (κ3) is 4.37. The minimum absolute atomic E-state index is 0.0751. The molecule has 0 aromatic heterocycles. The first-order valence-electron chi connectivity index (χ1n) is 8.07. The van der Waals surface area contributed by atoms with Gasteiger partial charge in [-0.25, -0.2) is 4.79 Å². The van der Waals surface area contributed by atoms with E-state index in [9.17, 15) is 10.0 Å². The van der Waals surface area contributed by atoms with Gasteiger partial charge >= 0.3 is 6.03 Å². The summed E-state index contributed by atoms with van der Waals surface area (Å²) in [5.41, 5.74) is 0.938. The van der Waals surface area contributed by atoms with E-state index in [2.05, 4.69) is 5.32 Å². The third-order valence-electron chi connectivity index (χ3n) is 3.89. The van der Waals surface area contributed by atoms with Gasteiger partial charge in [0.05, 0.1) is 18.4 Å². The molecule has 1 saturated heterocycles. The average Bonchev–Trinajstić information content (AvgIpc) is 2.75. The van der Waals surface area contributed by atoms with Crippen molar-refractivity contribution in [2.75, 3.05) is 7.11 Å². The molecular formula is C17H25N3O3S2. The van der Waals surface area contributed by atoms with E-state index >= 15 is 0 Å². The lowest BCUT2D eigenvalue weighted by atomic mass is 10.1. The maximum Gasteiger partial charge on any atom is 0.343 e. The molecule has 1 aliphatic heterocycles. The molecule has 1 fully saturated rings. The zero-order chi connectivity index (χ0) is 18.8. The van der Waals surface area contributed by atoms with Gasteiger partial charge in [0, 0.05) is 11.6 Å². The van der Waals surface area contributed by atoms with Crippen LogP contribution in [0, 0.1) is 0 Å². The topological polar surface area (TPSA) is 65.0 Å². The quantitative estimate of drug-likeness (QED) is 0.461. The maximum atomic E-state index is 12.3. The Morgan fingerprint density at radius 3 is 2.72 bits per heavy atom. The van der Waals surface area contributed by atoms with E-state index in [0.717, 1.165) is 16.4 Å². The molecule has 138 valence electrons. The number of benzene rings is 1. The molecule has 25 heavy (non-hydrogen) atoms. The summed E-state index contributed by atoms with van der Waals surface area (Å²) in [5.74, 6) is 0.745. The first-order chi connectivity index (χ1) is 11.7. The number of carbonyl (C=O) groups excluding carboxylic acids is 1. The van der Waals surface area contributed by atoms with Crippen LogP contribution in [0.2, 0.25) is 0 Å². The van der Waals surface area contributed by atoms with Crippen LogP contribution >= 0.6 is 24.0 Å². The van der Waals surface area contributed by atoms with E-state index in [-0.39, 0.29) is 6.04 Å². The molecule has 1 atom stereocenters. The Kier molecular flexibility index (Phi) is 6.18. The van der Waals surface area contributed by atoms with E-state index in [1.54, 1.807) is 7.11 Å². The van der Waals surface area contributed by atoms with Gasteiger partial charge in [-0.15, -0.1) is 0 Å². The number of amides is 2. The Hall–Kier alpha value is -1.51. The molecular weight excluding hydrogens is 358 g/mol. The standard InChI is InChI=1S/C17H25N3O3S2/c1-11(2)18-15(21)20(22)14-17(3,4)25-16(24)19(14)10-12-8-6-7-9-13(12)23-5/h6-9,11,14,22H,10H2,1-5H3,(H,18,21)/t14-/m0/s1. The number of hydrogen-bond acceptors (Lipinski definition) is 5. The normalized spacial score (nSPS) is 19.2. The van der Waals surface area contributed by atoms with Crippen LogP contribution in [0.3, 0.4) is 0 Å². The highest BCUT2D eigenvalue weighted by atomic mass is 32.2. The van der Waals surface area contributed by atoms with Gasteiger partial charge < -0.3 is 15.0 Å². The summed E-state index contributed by atoms with van der Waals surface area (Å²) in [6, 6.07) is 7.04. The van der Waals surface area contributed by atoms with Crippen LogP contribution < -0.4 is 10.1 Å². The number of hydrogen-bond donors (Lipinski definition) is 2. The monoisotopic (exact) mass is 383 g/mol. The van der Waals surface area contributed by atoms with Gasteiger partial charge in [0.2, 0.25) is 0 Å². The van der Waals surface area contributed by atoms with Gasteiger partial charge in [-0.1, -0.05) is 42.2 Å². The van der Waals surface area contributed by atoms with Crippen molar-refractivity contribution in [1.82, 2.24) is 15.3 Å². The first-order valence-corrected chi connectivity index (χ1v) is 9.30. The molecule has 0 radical (unpaired) electrons. The van der Waals surface area contributed by atoms with E-state index < -0.39 is 16.9 Å². The van der Waals surface area contributed by atoms with Crippen molar-refractivity contribution in [2.45, 2.75) is 51.2 Å². The number of methoxy groups -OCH3 is 1. The van der Waals surface area contributed by atoms with Crippen LogP contribution in [-0.4, -0.2) is 49.6 Å². The van der Waals surface area contributed by atoms with Gasteiger partial charge in [0.25, 0.3) is 0 Å². The zero-order valence-electron chi connectivity index (χ0n) is 15.1. The molecule has 0 bridgehead atoms. The van der Waals surface area contributed by atoms with Gasteiger partial charge in [-0.05, 0) is 33.8 Å². The highest BCUT2D eigenvalue weighted by Crippen LogP contribution is 2.43. The molecule has 1 heterocycles. The highest BCUT2D eigenvalue weighted by Gasteiger charge is 2.49. The number of nitrogens with one attached hydrogen (secondary N) is 1. The Labute approximate surface area is 158 Å². The number of para-hydroxylation sites is 1. The summed E-state index contributed by atoms with van der Waals surface area (Å²) in [6.07, 6.45) is -0.589. The number of hydroxylamine groups is 2. The van der Waals surface area contributed by atoms with Crippen LogP contribution in [0.1, 0.15) is 33.3 Å². The van der Waals surface area contributed by atoms with E-state index in [0.29, 0.717) is 10.9 Å². The van der Waals surface area contributed by atoms with Gasteiger partial charge in [-0.2, -0.15) is 5.06 Å². The number of nitrogens with zero attached hydrogens (tertiary/aromatic N) is 2. The molecule has 2 N–H and O–H groups in total. The Morgan fingerprint density at radius 2 is 2.12 bits per heavy atom. The lowest BCUT2D eigenvalue weighted by Gasteiger charge is -2.37. The van der Waals surface area contributed by atoms with Crippen molar-refractivity contribution in [3.63, 3.8) is 0 Å². The molecule has 2 rings (SSSR count). The van der Waals surface area contributed by atoms with Crippen molar-refractivity contribution in [2.24, 2.45) is 0 Å². The molecule has 8 heteroatoms. The van der Waals surface area contributed by atoms with Crippen molar-refractivity contribution < 1.29 is 14.7 Å². The number of urea groups is 1. The molecule has 0 unspecified atom stereocenters. The number of carbonyl (C=O) groups is 1. The third-order valence-corrected chi connectivity index (χ3v) is 5.52. The van der Waals surface area contributed by atoms with Gasteiger partial charge in [-0.3, -0.25) is 5.21 Å². The zero-order valence-corrected chi connectivity index (χ0v) is 16.8. The Morgan fingerprint density at radius 1 is 1.48 bits per heavy atom. The largest absolute Gasteiger partial charge is 0.496 e. The molecule has 1 aromatic carbocycles. The molecule has 0 aliphatic carbocycles. The van der Waals surface area contributed by atoms with E-state index in [1.807, 2.05) is 56.9 Å². The first kappa shape index (κ1) is 19.8. The molecule has 0 spiro atoms. The Balaban J connectivity index is 2.30. The molecule has 6 nitrogen and oxygen atoms in total. The van der Waals surface area contributed by atoms with Crippen molar-refractivity contribution in [1.29, 1.82) is 0 Å². The highest BCUT2D eigenvalue weighted by molar-refractivity contribution is 8.24. The summed E-state index contributed by atoms with van der Waals surface area (Å²) in [5, 5.41) is 14.0. The maximum absolute atomic E-state index is 12.3. The number of rotatable bonds is 5. The van der Waals surface area contributed by atoms with Crippen molar-refractivity contribution >= 4 is 34.3 Å². The van der Waals surface area contributed by atoms with E-state index in [4.69, 9.17) is 17.0 Å². The van der Waals surface area contributed by atoms with E-state index in [1.165, 1.54) is 11.8 Å². The van der Waals surface area contributed by atoms with Gasteiger partial charge in [0.1, 0.15) is 16.2 Å². The Bertz CT molecular complexity index is 652. The summed E-state index contributed by atoms with van der Waals surface area (Å²) >= 11 is 6.99. The summed E-state index contributed by atoms with van der Waals surface area (Å²) < 4.78 is 5.59. The van der Waals surface area contributed by atoms with Crippen LogP contribution in [0.4, 0.5) is 4.79 Å². The molecule has 0 saturated carbocycles. The lowest BCUT2D eigenvalue weighted by molar-refractivity contribution is -0.120. The molecule has 2 amide bonds. The van der Waals surface area contributed by atoms with Crippen molar-refractivity contribution in [3.05, 3.63) is 29.8 Å². The van der Waals surface area contributed by atoms with Crippen molar-refractivity contribution in [3.8, 4) is 5.75 Å². The summed E-state index contributed by atoms with van der Waals surface area (Å²) in [4.78, 5) is 14.2. The predicted octanol–water partition coefficient (Wildman–Crippen LogP) is 3.44. The second-order valence-corrected chi connectivity index (χ2v) is 9.02. The number of thiocarbonyl (C=S) groups is 1. The predicted molar refractivity (Wildman–Crippen MR) is 104 cm³/mol. The summed E-state index contributed by atoms with van der Waals surface area (Å²) in [6.45, 7) is 8.05. The fourth-order valence-electron chi connectivity index (χ4n) is 2.83. The lowest BCUT2D eigenvalue weighted by Crippen LogP contribution is -2.57. The SMILES string of the molecule is COc1ccccc1CN1C(=S)SC(C)(C)[C@@H]1N(O)C(=O)NC(C)C. The van der Waals surface area contributed by atoms with Crippen LogP contribution in [0.5, 0.6) is 5.75 Å². The molecule has 1 aromatic rings. The number of ether oxygens (including phenoxy) is 1. The van der Waals surface area contributed by atoms with Gasteiger partial charge in [0.15, 0.2) is 0 Å². The van der Waals surface area contributed by atoms with Crippen LogP contribution in [0.15, 0.2) is 24.3 Å². The second-order valence-electron chi connectivity index (χ2n) is 6.73. The molecule has 1 aliphatic rings. The fraction of sp³-hybridized carbons (Fsp3) is 0.529. The fourth-order valence-corrected chi connectivity index (χ4v) is 4.70. The second kappa shape index (κ2) is 7.80. The number of thioether (sulfide) groups is 1. The minimum Gasteiger partial charge on any atom is -0.496 e. The van der Waals surface area contributed by atoms with Crippen LogP contribution in [-0.2, 0) is 6.54 Å². The minimum atomic E-state index is -0.589. The summed E-state index contributed by atoms with van der Waals surface area (Å²) in [7, 11) is 1.62. The smallest absolute Gasteiger partial charge is 0.343 e. The average molecular weight is 384 g/mol. The van der Waals surface area contributed by atoms with Crippen LogP contribution in [0.25, 0.3) is 0 Å².